The highest BCUT2D eigenvalue weighted by Gasteiger charge is 2.17. The summed E-state index contributed by atoms with van der Waals surface area (Å²) in [5.41, 5.74) is 4.83. The molecule has 0 spiro atoms. The van der Waals surface area contributed by atoms with Crippen LogP contribution in [-0.2, 0) is 0 Å². The number of hydrogen-bond donors (Lipinski definition) is 3. The summed E-state index contributed by atoms with van der Waals surface area (Å²) in [5, 5.41) is 6.13. The van der Waals surface area contributed by atoms with Crippen LogP contribution in [0.15, 0.2) is 12.1 Å². The monoisotopic (exact) mass is 255 g/mol. The quantitative estimate of drug-likeness (QED) is 0.761. The lowest BCUT2D eigenvalue weighted by Crippen LogP contribution is -2.38. The first-order valence-corrected chi connectivity index (χ1v) is 5.84. The van der Waals surface area contributed by atoms with Crippen molar-refractivity contribution in [3.63, 3.8) is 0 Å². The van der Waals surface area contributed by atoms with Gasteiger partial charge in [-0.05, 0) is 25.5 Å². The minimum Gasteiger partial charge on any atom is -0.379 e. The van der Waals surface area contributed by atoms with E-state index in [4.69, 9.17) is 5.73 Å². The molecule has 0 bridgehead atoms. The number of benzene rings is 1. The number of primary amides is 1. The summed E-state index contributed by atoms with van der Waals surface area (Å²) in [5.74, 6) is -2.56. The Morgan fingerprint density at radius 3 is 2.78 bits per heavy atom. The first-order chi connectivity index (χ1) is 8.58. The number of nitrogens with one attached hydrogen (secondary N) is 2. The number of halogens is 2. The van der Waals surface area contributed by atoms with Crippen LogP contribution < -0.4 is 16.4 Å². The number of piperidine rings is 1. The molecule has 1 amide bonds. The maximum Gasteiger partial charge on any atom is 0.251 e. The van der Waals surface area contributed by atoms with Gasteiger partial charge in [-0.2, -0.15) is 0 Å². The van der Waals surface area contributed by atoms with Gasteiger partial charge in [-0.25, -0.2) is 8.78 Å². The largest absolute Gasteiger partial charge is 0.379 e. The molecule has 4 N–H and O–H groups in total. The van der Waals surface area contributed by atoms with E-state index < -0.39 is 17.5 Å². The third-order valence-corrected chi connectivity index (χ3v) is 2.98. The molecule has 0 aromatic heterocycles. The molecule has 1 aromatic carbocycles. The van der Waals surface area contributed by atoms with Gasteiger partial charge in [-0.3, -0.25) is 4.79 Å². The van der Waals surface area contributed by atoms with Crippen LogP contribution in [-0.4, -0.2) is 25.0 Å². The topological polar surface area (TPSA) is 67.2 Å². The molecule has 1 unspecified atom stereocenters. The maximum absolute atomic E-state index is 13.6. The second kappa shape index (κ2) is 5.30. The molecule has 1 saturated heterocycles. The van der Waals surface area contributed by atoms with Crippen molar-refractivity contribution >= 4 is 11.6 Å². The van der Waals surface area contributed by atoms with Crippen LogP contribution in [0.2, 0.25) is 0 Å². The number of nitrogens with two attached hydrogens (primary N) is 1. The van der Waals surface area contributed by atoms with Gasteiger partial charge in [0.1, 0.15) is 11.6 Å². The van der Waals surface area contributed by atoms with E-state index in [0.29, 0.717) is 12.6 Å². The lowest BCUT2D eigenvalue weighted by Gasteiger charge is -2.25. The van der Waals surface area contributed by atoms with Crippen molar-refractivity contribution in [1.82, 2.24) is 5.32 Å². The first kappa shape index (κ1) is 12.8. The van der Waals surface area contributed by atoms with Crippen molar-refractivity contribution in [3.8, 4) is 0 Å². The molecule has 1 heterocycles. The maximum atomic E-state index is 13.6. The van der Waals surface area contributed by atoms with Crippen LogP contribution in [0.4, 0.5) is 14.5 Å². The molecule has 0 saturated carbocycles. The molecule has 1 fully saturated rings. The van der Waals surface area contributed by atoms with Crippen molar-refractivity contribution in [2.75, 3.05) is 18.4 Å². The summed E-state index contributed by atoms with van der Waals surface area (Å²) in [6.07, 6.45) is 1.89. The Balaban J connectivity index is 2.21. The van der Waals surface area contributed by atoms with Crippen LogP contribution in [0.5, 0.6) is 0 Å². The van der Waals surface area contributed by atoms with Crippen molar-refractivity contribution < 1.29 is 13.6 Å². The lowest BCUT2D eigenvalue weighted by atomic mass is 10.1. The number of rotatable bonds is 3. The fourth-order valence-electron chi connectivity index (χ4n) is 2.04. The van der Waals surface area contributed by atoms with Crippen LogP contribution in [0.3, 0.4) is 0 Å². The Kier molecular flexibility index (Phi) is 3.76. The molecule has 98 valence electrons. The average Bonchev–Trinajstić information content (AvgIpc) is 2.33. The summed E-state index contributed by atoms with van der Waals surface area (Å²) < 4.78 is 26.9. The van der Waals surface area contributed by atoms with Crippen LogP contribution >= 0.6 is 0 Å². The molecule has 18 heavy (non-hydrogen) atoms. The van der Waals surface area contributed by atoms with Crippen molar-refractivity contribution in [2.24, 2.45) is 5.73 Å². The first-order valence-electron chi connectivity index (χ1n) is 5.84. The van der Waals surface area contributed by atoms with Crippen molar-refractivity contribution in [3.05, 3.63) is 29.3 Å². The predicted molar refractivity (Wildman–Crippen MR) is 64.4 cm³/mol. The molecule has 1 aliphatic rings. The zero-order valence-electron chi connectivity index (χ0n) is 9.80. The summed E-state index contributed by atoms with van der Waals surface area (Å²) in [4.78, 5) is 11.0. The molecular formula is C12H15F2N3O. The zero-order valence-corrected chi connectivity index (χ0v) is 9.80. The number of amides is 1. The minimum atomic E-state index is -0.938. The van der Waals surface area contributed by atoms with Gasteiger partial charge in [0, 0.05) is 18.7 Å². The summed E-state index contributed by atoms with van der Waals surface area (Å²) in [6.45, 7) is 1.65. The third kappa shape index (κ3) is 2.76. The zero-order chi connectivity index (χ0) is 13.1. The van der Waals surface area contributed by atoms with Crippen molar-refractivity contribution in [2.45, 2.75) is 18.9 Å². The fraction of sp³-hybridized carbons (Fsp3) is 0.417. The molecule has 1 atom stereocenters. The molecule has 0 radical (unpaired) electrons. The Morgan fingerprint density at radius 2 is 2.17 bits per heavy atom. The molecule has 4 nitrogen and oxygen atoms in total. The van der Waals surface area contributed by atoms with Gasteiger partial charge in [-0.15, -0.1) is 0 Å². The molecular weight excluding hydrogens is 240 g/mol. The predicted octanol–water partition coefficient (Wildman–Crippen LogP) is 1.23. The van der Waals surface area contributed by atoms with E-state index in [1.165, 1.54) is 0 Å². The van der Waals surface area contributed by atoms with E-state index >= 15 is 0 Å². The number of anilines is 1. The van der Waals surface area contributed by atoms with Crippen molar-refractivity contribution in [1.29, 1.82) is 0 Å². The van der Waals surface area contributed by atoms with Gasteiger partial charge in [0.05, 0.1) is 11.3 Å². The molecule has 6 heteroatoms. The van der Waals surface area contributed by atoms with Gasteiger partial charge in [0.2, 0.25) is 0 Å². The number of carbonyl (C=O) groups excluding carboxylic acids is 1. The highest BCUT2D eigenvalue weighted by atomic mass is 19.1. The number of hydrogen-bond acceptors (Lipinski definition) is 3. The van der Waals surface area contributed by atoms with Crippen LogP contribution in [0, 0.1) is 11.6 Å². The highest BCUT2D eigenvalue weighted by molar-refractivity contribution is 5.94. The summed E-state index contributed by atoms with van der Waals surface area (Å²) in [7, 11) is 0. The van der Waals surface area contributed by atoms with E-state index in [2.05, 4.69) is 10.6 Å². The Hall–Kier alpha value is -1.69. The lowest BCUT2D eigenvalue weighted by molar-refractivity contribution is 0.0996. The Morgan fingerprint density at radius 1 is 1.39 bits per heavy atom. The van der Waals surface area contributed by atoms with E-state index in [1.54, 1.807) is 0 Å². The third-order valence-electron chi connectivity index (χ3n) is 2.98. The van der Waals surface area contributed by atoms with E-state index in [-0.39, 0.29) is 17.3 Å². The smallest absolute Gasteiger partial charge is 0.251 e. The Bertz CT molecular complexity index is 459. The standard InChI is InChI=1S/C12H15F2N3O/c13-9-5-10(14)11(4-8(9)12(15)18)17-7-2-1-3-16-6-7/h4-5,7,16-17H,1-3,6H2,(H2,15,18). The average molecular weight is 255 g/mol. The second-order valence-corrected chi connectivity index (χ2v) is 4.36. The molecule has 2 rings (SSSR count). The van der Waals surface area contributed by atoms with Gasteiger partial charge in [0.25, 0.3) is 5.91 Å². The summed E-state index contributed by atoms with van der Waals surface area (Å²) in [6, 6.07) is 1.87. The number of carbonyl (C=O) groups is 1. The summed E-state index contributed by atoms with van der Waals surface area (Å²) >= 11 is 0. The minimum absolute atomic E-state index is 0.0689. The van der Waals surface area contributed by atoms with E-state index in [1.807, 2.05) is 0 Å². The highest BCUT2D eigenvalue weighted by Crippen LogP contribution is 2.21. The SMILES string of the molecule is NC(=O)c1cc(NC2CCCNC2)c(F)cc1F. The molecule has 1 aliphatic heterocycles. The van der Waals surface area contributed by atoms with Gasteiger partial charge < -0.3 is 16.4 Å². The fourth-order valence-corrected chi connectivity index (χ4v) is 2.04. The Labute approximate surface area is 104 Å². The normalized spacial score (nSPS) is 19.6. The van der Waals surface area contributed by atoms with Crippen LogP contribution in [0.1, 0.15) is 23.2 Å². The van der Waals surface area contributed by atoms with E-state index in [0.717, 1.165) is 25.5 Å². The van der Waals surface area contributed by atoms with Gasteiger partial charge in [0.15, 0.2) is 0 Å². The van der Waals surface area contributed by atoms with Gasteiger partial charge >= 0.3 is 0 Å². The molecule has 1 aromatic rings. The van der Waals surface area contributed by atoms with Crippen LogP contribution in [0.25, 0.3) is 0 Å². The second-order valence-electron chi connectivity index (χ2n) is 4.36. The van der Waals surface area contributed by atoms with Gasteiger partial charge in [-0.1, -0.05) is 0 Å². The van der Waals surface area contributed by atoms with E-state index in [9.17, 15) is 13.6 Å². The molecule has 0 aliphatic carbocycles.